The summed E-state index contributed by atoms with van der Waals surface area (Å²) in [7, 11) is 0. The Kier molecular flexibility index (Phi) is 5.78. The molecule has 2 nitrogen and oxygen atoms in total. The van der Waals surface area contributed by atoms with E-state index in [1.165, 1.54) is 0 Å². The van der Waals surface area contributed by atoms with E-state index in [1.807, 2.05) is 0 Å². The van der Waals surface area contributed by atoms with E-state index < -0.39 is 0 Å². The molecule has 0 spiro atoms. The van der Waals surface area contributed by atoms with Gasteiger partial charge in [-0.3, -0.25) is 4.79 Å². The Labute approximate surface area is 52.8 Å². The Morgan fingerprint density at radius 2 is 2.50 bits per heavy atom. The standard InChI is InChI=1S/C5H5ClO2/c6-3-1-2-4-8-5-7/h5H,2,4H2. The highest BCUT2D eigenvalue weighted by atomic mass is 35.5. The molecule has 0 radical (unpaired) electrons. The molecule has 0 aromatic heterocycles. The smallest absolute Gasteiger partial charge is 0.293 e. The van der Waals surface area contributed by atoms with Crippen molar-refractivity contribution in [3.8, 4) is 11.3 Å². The van der Waals surface area contributed by atoms with Crippen LogP contribution in [0.4, 0.5) is 0 Å². The van der Waals surface area contributed by atoms with Gasteiger partial charge in [-0.25, -0.2) is 0 Å². The van der Waals surface area contributed by atoms with E-state index >= 15 is 0 Å². The summed E-state index contributed by atoms with van der Waals surface area (Å²) in [6, 6.07) is 0. The van der Waals surface area contributed by atoms with Gasteiger partial charge in [0.1, 0.15) is 6.61 Å². The average molecular weight is 133 g/mol. The molecule has 0 rings (SSSR count). The van der Waals surface area contributed by atoms with Gasteiger partial charge in [-0.1, -0.05) is 5.92 Å². The molecule has 0 aromatic carbocycles. The van der Waals surface area contributed by atoms with E-state index in [4.69, 9.17) is 11.6 Å². The molecule has 0 aliphatic heterocycles. The number of carbonyl (C=O) groups excluding carboxylic acids is 1. The van der Waals surface area contributed by atoms with Crippen molar-refractivity contribution in [1.82, 2.24) is 0 Å². The van der Waals surface area contributed by atoms with Gasteiger partial charge in [-0.05, 0) is 11.6 Å². The Hall–Kier alpha value is -0.680. The minimum atomic E-state index is 0.323. The van der Waals surface area contributed by atoms with Crippen LogP contribution in [0.3, 0.4) is 0 Å². The molecule has 0 amide bonds. The fraction of sp³-hybridized carbons (Fsp3) is 0.400. The fourth-order valence-electron chi connectivity index (χ4n) is 0.205. The van der Waals surface area contributed by atoms with Crippen molar-refractivity contribution in [2.24, 2.45) is 0 Å². The van der Waals surface area contributed by atoms with Crippen LogP contribution in [0, 0.1) is 11.3 Å². The molecular weight excluding hydrogens is 128 g/mol. The van der Waals surface area contributed by atoms with Gasteiger partial charge >= 0.3 is 0 Å². The summed E-state index contributed by atoms with van der Waals surface area (Å²) >= 11 is 4.98. The first kappa shape index (κ1) is 7.32. The van der Waals surface area contributed by atoms with E-state index in [-0.39, 0.29) is 0 Å². The summed E-state index contributed by atoms with van der Waals surface area (Å²) in [5.41, 5.74) is 0. The minimum absolute atomic E-state index is 0.323. The number of rotatable bonds is 3. The zero-order valence-corrected chi connectivity index (χ0v) is 4.94. The summed E-state index contributed by atoms with van der Waals surface area (Å²) in [5, 5.41) is 2.15. The number of carbonyl (C=O) groups is 1. The van der Waals surface area contributed by atoms with Crippen molar-refractivity contribution in [2.75, 3.05) is 6.61 Å². The third-order valence-electron chi connectivity index (χ3n) is 0.480. The zero-order valence-electron chi connectivity index (χ0n) is 4.19. The van der Waals surface area contributed by atoms with Gasteiger partial charge in [0.2, 0.25) is 0 Å². The van der Waals surface area contributed by atoms with Crippen LogP contribution in [0.25, 0.3) is 0 Å². The molecular formula is C5H5ClO2. The zero-order chi connectivity index (χ0) is 6.24. The minimum Gasteiger partial charge on any atom is -0.467 e. The molecule has 8 heavy (non-hydrogen) atoms. The maximum atomic E-state index is 9.46. The summed E-state index contributed by atoms with van der Waals surface area (Å²) in [4.78, 5) is 9.46. The van der Waals surface area contributed by atoms with Gasteiger partial charge in [0.15, 0.2) is 0 Å². The summed E-state index contributed by atoms with van der Waals surface area (Å²) in [6.45, 7) is 0.707. The Bertz CT molecular complexity index is 111. The lowest BCUT2D eigenvalue weighted by atomic mass is 10.5. The normalized spacial score (nSPS) is 6.62. The van der Waals surface area contributed by atoms with Crippen LogP contribution >= 0.6 is 11.6 Å². The van der Waals surface area contributed by atoms with E-state index in [0.29, 0.717) is 19.5 Å². The Morgan fingerprint density at radius 3 is 3.00 bits per heavy atom. The lowest BCUT2D eigenvalue weighted by Crippen LogP contribution is -1.87. The second-order valence-electron chi connectivity index (χ2n) is 0.988. The largest absolute Gasteiger partial charge is 0.467 e. The molecule has 0 N–H and O–H groups in total. The van der Waals surface area contributed by atoms with E-state index in [0.717, 1.165) is 0 Å². The third-order valence-corrected chi connectivity index (χ3v) is 0.613. The molecule has 0 aromatic rings. The van der Waals surface area contributed by atoms with Crippen LogP contribution < -0.4 is 0 Å². The molecule has 0 bridgehead atoms. The topological polar surface area (TPSA) is 26.3 Å². The second-order valence-corrected chi connectivity index (χ2v) is 1.18. The van der Waals surface area contributed by atoms with Crippen LogP contribution in [0.1, 0.15) is 6.42 Å². The molecule has 0 aliphatic carbocycles. The van der Waals surface area contributed by atoms with Crippen LogP contribution in [0.2, 0.25) is 0 Å². The second kappa shape index (κ2) is 6.32. The van der Waals surface area contributed by atoms with E-state index in [9.17, 15) is 4.79 Å². The van der Waals surface area contributed by atoms with Crippen LogP contribution in [-0.4, -0.2) is 13.1 Å². The highest BCUT2D eigenvalue weighted by Crippen LogP contribution is 1.76. The summed E-state index contributed by atoms with van der Waals surface area (Å²) in [6.07, 6.45) is 0.502. The van der Waals surface area contributed by atoms with Gasteiger partial charge in [0, 0.05) is 11.8 Å². The van der Waals surface area contributed by atoms with Crippen molar-refractivity contribution in [1.29, 1.82) is 0 Å². The maximum Gasteiger partial charge on any atom is 0.293 e. The van der Waals surface area contributed by atoms with Gasteiger partial charge in [0.05, 0.1) is 0 Å². The van der Waals surface area contributed by atoms with Crippen LogP contribution in [0.5, 0.6) is 0 Å². The molecule has 3 heteroatoms. The SMILES string of the molecule is O=COCCC#CCl. The molecule has 0 fully saturated rings. The fourth-order valence-corrected chi connectivity index (χ4v) is 0.300. The van der Waals surface area contributed by atoms with Crippen molar-refractivity contribution in [3.63, 3.8) is 0 Å². The van der Waals surface area contributed by atoms with E-state index in [1.54, 1.807) is 0 Å². The lowest BCUT2D eigenvalue weighted by molar-refractivity contribution is -0.128. The van der Waals surface area contributed by atoms with Gasteiger partial charge in [0.25, 0.3) is 6.47 Å². The van der Waals surface area contributed by atoms with Gasteiger partial charge in [-0.2, -0.15) is 0 Å². The van der Waals surface area contributed by atoms with Crippen LogP contribution in [0.15, 0.2) is 0 Å². The predicted molar refractivity (Wildman–Crippen MR) is 30.3 cm³/mol. The highest BCUT2D eigenvalue weighted by molar-refractivity contribution is 6.30. The van der Waals surface area contributed by atoms with E-state index in [2.05, 4.69) is 16.0 Å². The van der Waals surface area contributed by atoms with Gasteiger partial charge in [-0.15, -0.1) is 0 Å². The quantitative estimate of drug-likeness (QED) is 0.322. The van der Waals surface area contributed by atoms with Crippen molar-refractivity contribution in [3.05, 3.63) is 0 Å². The molecule has 0 saturated heterocycles. The maximum absolute atomic E-state index is 9.46. The number of hydrogen-bond acceptors (Lipinski definition) is 2. The molecule has 0 heterocycles. The molecule has 0 unspecified atom stereocenters. The first-order chi connectivity index (χ1) is 3.91. The number of halogens is 1. The summed E-state index contributed by atoms with van der Waals surface area (Å²) in [5.74, 6) is 2.51. The lowest BCUT2D eigenvalue weighted by Gasteiger charge is -1.86. The summed E-state index contributed by atoms with van der Waals surface area (Å²) < 4.78 is 4.29. The first-order valence-electron chi connectivity index (χ1n) is 2.05. The van der Waals surface area contributed by atoms with Crippen molar-refractivity contribution >= 4 is 18.1 Å². The first-order valence-corrected chi connectivity index (χ1v) is 2.43. The Morgan fingerprint density at radius 1 is 1.75 bits per heavy atom. The molecule has 44 valence electrons. The predicted octanol–water partition coefficient (Wildman–Crippen LogP) is 0.749. The Balaban J connectivity index is 2.89. The van der Waals surface area contributed by atoms with Crippen molar-refractivity contribution < 1.29 is 9.53 Å². The molecule has 0 atom stereocenters. The molecule has 0 aliphatic rings. The number of ether oxygens (including phenoxy) is 1. The third kappa shape index (κ3) is 5.32. The van der Waals surface area contributed by atoms with Crippen LogP contribution in [-0.2, 0) is 9.53 Å². The van der Waals surface area contributed by atoms with Crippen molar-refractivity contribution in [2.45, 2.75) is 6.42 Å². The monoisotopic (exact) mass is 132 g/mol. The highest BCUT2D eigenvalue weighted by Gasteiger charge is 1.76. The number of hydrogen-bond donors (Lipinski definition) is 0. The van der Waals surface area contributed by atoms with Gasteiger partial charge < -0.3 is 4.74 Å². The molecule has 0 saturated carbocycles. The average Bonchev–Trinajstić information content (AvgIpc) is 1.81.